The Kier molecular flexibility index (Phi) is 2.94. The lowest BCUT2D eigenvalue weighted by molar-refractivity contribution is 0.0694. The van der Waals surface area contributed by atoms with E-state index >= 15 is 0 Å². The first-order chi connectivity index (χ1) is 9.52. The molecule has 1 aromatic heterocycles. The maximum absolute atomic E-state index is 12.3. The van der Waals surface area contributed by atoms with Gasteiger partial charge >= 0.3 is 5.97 Å². The number of carbonyl (C=O) groups is 1. The average molecular weight is 294 g/mol. The zero-order valence-corrected chi connectivity index (χ0v) is 11.5. The van der Waals surface area contributed by atoms with Gasteiger partial charge < -0.3 is 14.4 Å². The molecule has 3 rings (SSSR count). The summed E-state index contributed by atoms with van der Waals surface area (Å²) in [6.45, 7) is 2.49. The second-order valence-electron chi connectivity index (χ2n) is 4.75. The Labute approximate surface area is 119 Å². The molecule has 20 heavy (non-hydrogen) atoms. The van der Waals surface area contributed by atoms with E-state index < -0.39 is 11.4 Å². The largest absolute Gasteiger partial charge is 0.486 e. The zero-order valence-electron chi connectivity index (χ0n) is 10.7. The van der Waals surface area contributed by atoms with Crippen LogP contribution in [0.4, 0.5) is 0 Å². The third-order valence-corrected chi connectivity index (χ3v) is 3.83. The highest BCUT2D eigenvalue weighted by Crippen LogP contribution is 2.34. The molecule has 0 radical (unpaired) electrons. The topological polar surface area (TPSA) is 68.5 Å². The van der Waals surface area contributed by atoms with Gasteiger partial charge in [0.05, 0.1) is 22.5 Å². The Morgan fingerprint density at radius 3 is 2.95 bits per heavy atom. The van der Waals surface area contributed by atoms with Crippen LogP contribution >= 0.6 is 11.6 Å². The number of aromatic nitrogens is 1. The monoisotopic (exact) mass is 293 g/mol. The van der Waals surface area contributed by atoms with Crippen molar-refractivity contribution in [2.24, 2.45) is 0 Å². The van der Waals surface area contributed by atoms with Crippen molar-refractivity contribution < 1.29 is 14.6 Å². The fraction of sp³-hybridized carbons (Fsp3) is 0.286. The minimum Gasteiger partial charge on any atom is -0.486 e. The Morgan fingerprint density at radius 2 is 2.30 bits per heavy atom. The zero-order chi connectivity index (χ0) is 14.4. The number of pyridine rings is 1. The van der Waals surface area contributed by atoms with Crippen LogP contribution in [0.5, 0.6) is 5.75 Å². The second kappa shape index (κ2) is 4.52. The van der Waals surface area contributed by atoms with Crippen molar-refractivity contribution in [1.82, 2.24) is 4.57 Å². The molecule has 0 saturated heterocycles. The molecule has 0 spiro atoms. The number of carboxylic acid groups (broad SMARTS) is 1. The van der Waals surface area contributed by atoms with Crippen LogP contribution in [0.3, 0.4) is 0 Å². The van der Waals surface area contributed by atoms with E-state index in [-0.39, 0.29) is 22.1 Å². The molecule has 1 aliphatic rings. The van der Waals surface area contributed by atoms with Gasteiger partial charge in [0.15, 0.2) is 0 Å². The van der Waals surface area contributed by atoms with E-state index in [1.807, 2.05) is 6.92 Å². The van der Waals surface area contributed by atoms with E-state index in [0.717, 1.165) is 6.42 Å². The Bertz CT molecular complexity index is 781. The van der Waals surface area contributed by atoms with Crippen LogP contribution < -0.4 is 10.2 Å². The predicted octanol–water partition coefficient (Wildman–Crippen LogP) is 2.52. The molecule has 1 unspecified atom stereocenters. The number of hydrogen-bond acceptors (Lipinski definition) is 3. The quantitative estimate of drug-likeness (QED) is 0.924. The molecule has 5 nitrogen and oxygen atoms in total. The minimum absolute atomic E-state index is 0.0453. The number of carboxylic acids is 1. The van der Waals surface area contributed by atoms with E-state index in [1.165, 1.54) is 6.20 Å². The van der Waals surface area contributed by atoms with E-state index in [1.54, 1.807) is 16.7 Å². The summed E-state index contributed by atoms with van der Waals surface area (Å²) in [5.74, 6) is -0.682. The third-order valence-electron chi connectivity index (χ3n) is 3.51. The highest BCUT2D eigenvalue weighted by molar-refractivity contribution is 6.35. The van der Waals surface area contributed by atoms with Crippen LogP contribution in [0.2, 0.25) is 5.02 Å². The second-order valence-corrected chi connectivity index (χ2v) is 5.15. The molecule has 0 saturated carbocycles. The molecular formula is C14H12ClNO4. The maximum atomic E-state index is 12.3. The molecule has 2 aromatic rings. The summed E-state index contributed by atoms with van der Waals surface area (Å²) in [4.78, 5) is 23.5. The predicted molar refractivity (Wildman–Crippen MR) is 74.9 cm³/mol. The molecule has 2 heterocycles. The first-order valence-electron chi connectivity index (χ1n) is 6.28. The van der Waals surface area contributed by atoms with Crippen molar-refractivity contribution in [2.75, 3.05) is 0 Å². The summed E-state index contributed by atoms with van der Waals surface area (Å²) < 4.78 is 7.55. The van der Waals surface area contributed by atoms with Gasteiger partial charge in [-0.1, -0.05) is 18.5 Å². The van der Waals surface area contributed by atoms with Crippen molar-refractivity contribution in [2.45, 2.75) is 26.0 Å². The van der Waals surface area contributed by atoms with Gasteiger partial charge in [-0.05, 0) is 18.6 Å². The SMILES string of the molecule is CCC1Cn2cc(C(=O)O)c(=O)c3c(Cl)ccc(c32)O1. The lowest BCUT2D eigenvalue weighted by Gasteiger charge is -2.28. The fourth-order valence-corrected chi connectivity index (χ4v) is 2.74. The van der Waals surface area contributed by atoms with Crippen LogP contribution in [0.25, 0.3) is 10.9 Å². The van der Waals surface area contributed by atoms with Gasteiger partial charge in [0.2, 0.25) is 5.43 Å². The normalized spacial score (nSPS) is 17.0. The van der Waals surface area contributed by atoms with Crippen molar-refractivity contribution in [3.05, 3.63) is 39.1 Å². The van der Waals surface area contributed by atoms with Gasteiger partial charge in [0.25, 0.3) is 0 Å². The molecule has 6 heteroatoms. The summed E-state index contributed by atoms with van der Waals surface area (Å²) in [5.41, 5.74) is -0.278. The van der Waals surface area contributed by atoms with Crippen molar-refractivity contribution in [3.8, 4) is 5.75 Å². The summed E-state index contributed by atoms with van der Waals surface area (Å²) in [5, 5.41) is 9.61. The smallest absolute Gasteiger partial charge is 0.341 e. The maximum Gasteiger partial charge on any atom is 0.341 e. The fourth-order valence-electron chi connectivity index (χ4n) is 2.50. The molecular weight excluding hydrogens is 282 g/mol. The number of rotatable bonds is 2. The van der Waals surface area contributed by atoms with Gasteiger partial charge in [-0.15, -0.1) is 0 Å². The first kappa shape index (κ1) is 13.0. The Morgan fingerprint density at radius 1 is 1.55 bits per heavy atom. The van der Waals surface area contributed by atoms with Crippen molar-refractivity contribution in [3.63, 3.8) is 0 Å². The Hall–Kier alpha value is -2.01. The average Bonchev–Trinajstić information content (AvgIpc) is 2.43. The van der Waals surface area contributed by atoms with Crippen molar-refractivity contribution >= 4 is 28.5 Å². The van der Waals surface area contributed by atoms with E-state index in [9.17, 15) is 9.59 Å². The van der Waals surface area contributed by atoms with Crippen molar-refractivity contribution in [1.29, 1.82) is 0 Å². The lowest BCUT2D eigenvalue weighted by atomic mass is 10.1. The van der Waals surface area contributed by atoms with Gasteiger partial charge in [0, 0.05) is 6.20 Å². The molecule has 0 aliphatic carbocycles. The number of nitrogens with zero attached hydrogens (tertiary/aromatic N) is 1. The molecule has 1 atom stereocenters. The van der Waals surface area contributed by atoms with Crippen LogP contribution in [-0.4, -0.2) is 21.7 Å². The molecule has 1 aromatic carbocycles. The van der Waals surface area contributed by atoms with Gasteiger partial charge in [0.1, 0.15) is 17.4 Å². The third kappa shape index (κ3) is 1.78. The number of ether oxygens (including phenoxy) is 1. The molecule has 0 fully saturated rings. The summed E-state index contributed by atoms with van der Waals surface area (Å²) >= 11 is 6.07. The van der Waals surface area contributed by atoms with Gasteiger partial charge in [-0.2, -0.15) is 0 Å². The summed E-state index contributed by atoms with van der Waals surface area (Å²) in [7, 11) is 0. The van der Waals surface area contributed by atoms with Crippen LogP contribution in [0.1, 0.15) is 23.7 Å². The molecule has 0 bridgehead atoms. The van der Waals surface area contributed by atoms with Crippen LogP contribution in [0.15, 0.2) is 23.1 Å². The van der Waals surface area contributed by atoms with Gasteiger partial charge in [-0.3, -0.25) is 4.79 Å². The van der Waals surface area contributed by atoms with Crippen LogP contribution in [0, 0.1) is 0 Å². The molecule has 1 N–H and O–H groups in total. The van der Waals surface area contributed by atoms with E-state index in [4.69, 9.17) is 21.4 Å². The highest BCUT2D eigenvalue weighted by atomic mass is 35.5. The highest BCUT2D eigenvalue weighted by Gasteiger charge is 2.25. The van der Waals surface area contributed by atoms with Gasteiger partial charge in [-0.25, -0.2) is 4.79 Å². The number of aromatic carboxylic acids is 1. The molecule has 0 amide bonds. The summed E-state index contributed by atoms with van der Waals surface area (Å²) in [6, 6.07) is 3.28. The molecule has 104 valence electrons. The number of halogens is 1. The summed E-state index contributed by atoms with van der Waals surface area (Å²) in [6.07, 6.45) is 2.12. The number of benzene rings is 1. The lowest BCUT2D eigenvalue weighted by Crippen LogP contribution is -2.30. The van der Waals surface area contributed by atoms with Crippen LogP contribution in [-0.2, 0) is 6.54 Å². The number of hydrogen-bond donors (Lipinski definition) is 1. The molecule has 1 aliphatic heterocycles. The van der Waals surface area contributed by atoms with E-state index in [2.05, 4.69) is 0 Å². The first-order valence-corrected chi connectivity index (χ1v) is 6.66. The Balaban J connectivity index is 2.43. The minimum atomic E-state index is -1.25. The standard InChI is InChI=1S/C14H12ClNO4/c1-2-7-5-16-6-8(14(18)19)13(17)11-9(15)3-4-10(20-7)12(11)16/h3-4,6-7H,2,5H2,1H3,(H,18,19). The van der Waals surface area contributed by atoms with E-state index in [0.29, 0.717) is 17.8 Å².